The standard InChI is InChI=1S/C18H19N3/c1-14(2)21-11-10-16-9-8-15(12-18(16)21)13-19-20-17-6-4-3-5-7-17/h3-14,20H,1-2H3. The Bertz CT molecular complexity index is 754. The van der Waals surface area contributed by atoms with Crippen molar-refractivity contribution < 1.29 is 0 Å². The van der Waals surface area contributed by atoms with Gasteiger partial charge in [0.05, 0.1) is 11.9 Å². The third-order valence-corrected chi connectivity index (χ3v) is 3.48. The van der Waals surface area contributed by atoms with E-state index in [2.05, 4.69) is 59.4 Å². The third kappa shape index (κ3) is 2.97. The predicted octanol–water partition coefficient (Wildman–Crippen LogP) is 4.67. The summed E-state index contributed by atoms with van der Waals surface area (Å²) in [5.41, 5.74) is 6.36. The van der Waals surface area contributed by atoms with Crippen LogP contribution < -0.4 is 5.43 Å². The molecule has 0 aliphatic carbocycles. The van der Waals surface area contributed by atoms with E-state index in [0.29, 0.717) is 6.04 Å². The van der Waals surface area contributed by atoms with Crippen molar-refractivity contribution in [1.82, 2.24) is 4.57 Å². The Kier molecular flexibility index (Phi) is 3.73. The average molecular weight is 277 g/mol. The molecule has 0 fully saturated rings. The topological polar surface area (TPSA) is 29.3 Å². The summed E-state index contributed by atoms with van der Waals surface area (Å²) in [6, 6.07) is 18.9. The molecule has 3 nitrogen and oxygen atoms in total. The average Bonchev–Trinajstić information content (AvgIpc) is 2.92. The lowest BCUT2D eigenvalue weighted by atomic mass is 10.2. The smallest absolute Gasteiger partial charge is 0.0561 e. The Balaban J connectivity index is 1.82. The minimum Gasteiger partial charge on any atom is -0.345 e. The van der Waals surface area contributed by atoms with Crippen LogP contribution >= 0.6 is 0 Å². The Morgan fingerprint density at radius 3 is 2.62 bits per heavy atom. The van der Waals surface area contributed by atoms with Gasteiger partial charge >= 0.3 is 0 Å². The van der Waals surface area contributed by atoms with Crippen molar-refractivity contribution in [3.63, 3.8) is 0 Å². The predicted molar refractivity (Wildman–Crippen MR) is 90.0 cm³/mol. The first-order chi connectivity index (χ1) is 10.2. The Labute approximate surface area is 124 Å². The van der Waals surface area contributed by atoms with Gasteiger partial charge in [-0.15, -0.1) is 0 Å². The number of rotatable bonds is 4. The fourth-order valence-electron chi connectivity index (χ4n) is 2.39. The molecule has 0 saturated carbocycles. The maximum Gasteiger partial charge on any atom is 0.0561 e. The molecule has 0 unspecified atom stereocenters. The maximum absolute atomic E-state index is 4.29. The summed E-state index contributed by atoms with van der Waals surface area (Å²) in [6.45, 7) is 4.38. The lowest BCUT2D eigenvalue weighted by Gasteiger charge is -2.09. The first-order valence-electron chi connectivity index (χ1n) is 7.19. The molecule has 106 valence electrons. The Morgan fingerprint density at radius 2 is 1.86 bits per heavy atom. The lowest BCUT2D eigenvalue weighted by molar-refractivity contribution is 0.623. The van der Waals surface area contributed by atoms with Gasteiger partial charge < -0.3 is 4.57 Å². The molecule has 21 heavy (non-hydrogen) atoms. The van der Waals surface area contributed by atoms with Crippen LogP contribution in [0.3, 0.4) is 0 Å². The molecule has 0 saturated heterocycles. The summed E-state index contributed by atoms with van der Waals surface area (Å²) >= 11 is 0. The van der Waals surface area contributed by atoms with Crippen molar-refractivity contribution in [3.05, 3.63) is 66.4 Å². The van der Waals surface area contributed by atoms with E-state index in [9.17, 15) is 0 Å². The van der Waals surface area contributed by atoms with Gasteiger partial charge in [0.1, 0.15) is 0 Å². The summed E-state index contributed by atoms with van der Waals surface area (Å²) in [7, 11) is 0. The number of fused-ring (bicyclic) bond motifs is 1. The van der Waals surface area contributed by atoms with E-state index in [1.54, 1.807) is 0 Å². The molecule has 0 amide bonds. The molecule has 0 aliphatic rings. The van der Waals surface area contributed by atoms with Crippen molar-refractivity contribution in [2.75, 3.05) is 5.43 Å². The molecule has 0 aliphatic heterocycles. The highest BCUT2D eigenvalue weighted by Crippen LogP contribution is 2.20. The van der Waals surface area contributed by atoms with Crippen LogP contribution in [0.4, 0.5) is 5.69 Å². The van der Waals surface area contributed by atoms with Gasteiger partial charge in [0.2, 0.25) is 0 Å². The molecular weight excluding hydrogens is 258 g/mol. The largest absolute Gasteiger partial charge is 0.345 e. The SMILES string of the molecule is CC(C)n1ccc2ccc(C=NNc3ccccc3)cc21. The highest BCUT2D eigenvalue weighted by Gasteiger charge is 2.04. The number of hydrogen-bond acceptors (Lipinski definition) is 2. The van der Waals surface area contributed by atoms with Crippen LogP contribution in [0.25, 0.3) is 10.9 Å². The highest BCUT2D eigenvalue weighted by molar-refractivity contribution is 5.89. The number of hydrogen-bond donors (Lipinski definition) is 1. The molecule has 0 radical (unpaired) electrons. The molecule has 2 aromatic carbocycles. The zero-order chi connectivity index (χ0) is 14.7. The fourth-order valence-corrected chi connectivity index (χ4v) is 2.39. The van der Waals surface area contributed by atoms with Gasteiger partial charge in [0.25, 0.3) is 0 Å². The van der Waals surface area contributed by atoms with Crippen LogP contribution in [-0.4, -0.2) is 10.8 Å². The van der Waals surface area contributed by atoms with E-state index in [-0.39, 0.29) is 0 Å². The number of para-hydroxylation sites is 1. The lowest BCUT2D eigenvalue weighted by Crippen LogP contribution is -1.98. The van der Waals surface area contributed by atoms with Crippen molar-refractivity contribution in [2.45, 2.75) is 19.9 Å². The molecular formula is C18H19N3. The highest BCUT2D eigenvalue weighted by atomic mass is 15.3. The maximum atomic E-state index is 4.29. The first kappa shape index (κ1) is 13.4. The second-order valence-corrected chi connectivity index (χ2v) is 5.37. The summed E-state index contributed by atoms with van der Waals surface area (Å²) in [4.78, 5) is 0. The summed E-state index contributed by atoms with van der Waals surface area (Å²) in [6.07, 6.45) is 3.99. The number of hydrazone groups is 1. The van der Waals surface area contributed by atoms with E-state index in [4.69, 9.17) is 0 Å². The van der Waals surface area contributed by atoms with Crippen LogP contribution in [0, 0.1) is 0 Å². The normalized spacial score (nSPS) is 11.6. The van der Waals surface area contributed by atoms with Gasteiger partial charge in [0.15, 0.2) is 0 Å². The van der Waals surface area contributed by atoms with Crippen LogP contribution in [0.15, 0.2) is 65.9 Å². The molecule has 3 aromatic rings. The summed E-state index contributed by atoms with van der Waals surface area (Å²) in [5.74, 6) is 0. The summed E-state index contributed by atoms with van der Waals surface area (Å²) in [5, 5.41) is 5.55. The Hall–Kier alpha value is -2.55. The monoisotopic (exact) mass is 277 g/mol. The van der Waals surface area contributed by atoms with Crippen molar-refractivity contribution in [3.8, 4) is 0 Å². The minimum absolute atomic E-state index is 0.456. The van der Waals surface area contributed by atoms with Gasteiger partial charge in [-0.2, -0.15) is 5.10 Å². The van der Waals surface area contributed by atoms with Crippen molar-refractivity contribution >= 4 is 22.8 Å². The third-order valence-electron chi connectivity index (χ3n) is 3.48. The first-order valence-corrected chi connectivity index (χ1v) is 7.19. The quantitative estimate of drug-likeness (QED) is 0.545. The molecule has 0 spiro atoms. The van der Waals surface area contributed by atoms with Crippen molar-refractivity contribution in [1.29, 1.82) is 0 Å². The van der Waals surface area contributed by atoms with Gasteiger partial charge in [-0.05, 0) is 49.1 Å². The van der Waals surface area contributed by atoms with Crippen LogP contribution in [0.2, 0.25) is 0 Å². The van der Waals surface area contributed by atoms with Crippen molar-refractivity contribution in [2.24, 2.45) is 5.10 Å². The second kappa shape index (κ2) is 5.83. The van der Waals surface area contributed by atoms with Gasteiger partial charge in [0, 0.05) is 17.8 Å². The molecule has 1 N–H and O–H groups in total. The van der Waals surface area contributed by atoms with Crippen LogP contribution in [-0.2, 0) is 0 Å². The van der Waals surface area contributed by atoms with E-state index in [1.165, 1.54) is 10.9 Å². The van der Waals surface area contributed by atoms with E-state index in [0.717, 1.165) is 11.3 Å². The van der Waals surface area contributed by atoms with E-state index in [1.807, 2.05) is 36.5 Å². The number of aromatic nitrogens is 1. The molecule has 1 aromatic heterocycles. The molecule has 1 heterocycles. The number of nitrogens with one attached hydrogen (secondary N) is 1. The van der Waals surface area contributed by atoms with E-state index >= 15 is 0 Å². The summed E-state index contributed by atoms with van der Waals surface area (Å²) < 4.78 is 2.28. The van der Waals surface area contributed by atoms with Gasteiger partial charge in [-0.25, -0.2) is 0 Å². The minimum atomic E-state index is 0.456. The molecule has 0 bridgehead atoms. The molecule has 0 atom stereocenters. The van der Waals surface area contributed by atoms with Crippen LogP contribution in [0.5, 0.6) is 0 Å². The fraction of sp³-hybridized carbons (Fsp3) is 0.167. The number of nitrogens with zero attached hydrogens (tertiary/aromatic N) is 2. The van der Waals surface area contributed by atoms with Gasteiger partial charge in [-0.1, -0.05) is 30.3 Å². The molecule has 3 heteroatoms. The number of anilines is 1. The zero-order valence-corrected chi connectivity index (χ0v) is 12.3. The zero-order valence-electron chi connectivity index (χ0n) is 12.3. The van der Waals surface area contributed by atoms with Gasteiger partial charge in [-0.3, -0.25) is 5.43 Å². The second-order valence-electron chi connectivity index (χ2n) is 5.37. The van der Waals surface area contributed by atoms with E-state index < -0.39 is 0 Å². The Morgan fingerprint density at radius 1 is 1.05 bits per heavy atom. The number of benzene rings is 2. The van der Waals surface area contributed by atoms with Crippen LogP contribution in [0.1, 0.15) is 25.5 Å². The molecule has 3 rings (SSSR count).